The Kier molecular flexibility index (Phi) is 4.87. The summed E-state index contributed by atoms with van der Waals surface area (Å²) in [6.07, 6.45) is 0.675. The molecule has 0 bridgehead atoms. The SMILES string of the molecule is CC1CN(CCNc2ccc(Cl)cc2)CC(C)O1. The number of ether oxygens (including phenoxy) is 1. The highest BCUT2D eigenvalue weighted by atomic mass is 35.5. The number of anilines is 1. The molecule has 1 N–H and O–H groups in total. The summed E-state index contributed by atoms with van der Waals surface area (Å²) in [5, 5.41) is 4.18. The summed E-state index contributed by atoms with van der Waals surface area (Å²) in [5.74, 6) is 0. The molecule has 0 aliphatic carbocycles. The van der Waals surface area contributed by atoms with Crippen LogP contribution in [0.5, 0.6) is 0 Å². The van der Waals surface area contributed by atoms with Crippen molar-refractivity contribution in [1.82, 2.24) is 4.90 Å². The van der Waals surface area contributed by atoms with Gasteiger partial charge in [-0.05, 0) is 38.1 Å². The summed E-state index contributed by atoms with van der Waals surface area (Å²) >= 11 is 5.85. The van der Waals surface area contributed by atoms with Gasteiger partial charge in [-0.3, -0.25) is 4.90 Å². The van der Waals surface area contributed by atoms with Gasteiger partial charge in [-0.15, -0.1) is 0 Å². The van der Waals surface area contributed by atoms with Crippen LogP contribution in [-0.4, -0.2) is 43.3 Å². The van der Waals surface area contributed by atoms with Gasteiger partial charge < -0.3 is 10.1 Å². The van der Waals surface area contributed by atoms with E-state index in [1.54, 1.807) is 0 Å². The Morgan fingerprint density at radius 3 is 2.44 bits per heavy atom. The van der Waals surface area contributed by atoms with E-state index in [0.29, 0.717) is 12.2 Å². The molecule has 2 unspecified atom stereocenters. The summed E-state index contributed by atoms with van der Waals surface area (Å²) in [5.41, 5.74) is 1.12. The number of benzene rings is 1. The molecule has 100 valence electrons. The van der Waals surface area contributed by atoms with E-state index in [2.05, 4.69) is 24.1 Å². The first-order valence-corrected chi connectivity index (χ1v) is 6.88. The van der Waals surface area contributed by atoms with Crippen LogP contribution in [0.25, 0.3) is 0 Å². The summed E-state index contributed by atoms with van der Waals surface area (Å²) in [4.78, 5) is 2.45. The lowest BCUT2D eigenvalue weighted by molar-refractivity contribution is -0.0667. The number of hydrogen-bond donors (Lipinski definition) is 1. The number of morpholine rings is 1. The lowest BCUT2D eigenvalue weighted by Crippen LogP contribution is -2.46. The largest absolute Gasteiger partial charge is 0.384 e. The molecule has 1 aromatic carbocycles. The molecule has 0 aromatic heterocycles. The Labute approximate surface area is 114 Å². The minimum absolute atomic E-state index is 0.337. The first-order valence-electron chi connectivity index (χ1n) is 6.51. The molecule has 0 spiro atoms. The zero-order chi connectivity index (χ0) is 13.0. The number of halogens is 1. The van der Waals surface area contributed by atoms with Gasteiger partial charge in [-0.1, -0.05) is 11.6 Å². The van der Waals surface area contributed by atoms with Crippen LogP contribution in [0.4, 0.5) is 5.69 Å². The van der Waals surface area contributed by atoms with E-state index in [0.717, 1.165) is 36.9 Å². The van der Waals surface area contributed by atoms with Crippen LogP contribution in [0, 0.1) is 0 Å². The molecule has 1 aromatic rings. The van der Waals surface area contributed by atoms with Crippen molar-refractivity contribution in [3.8, 4) is 0 Å². The van der Waals surface area contributed by atoms with E-state index >= 15 is 0 Å². The quantitative estimate of drug-likeness (QED) is 0.909. The van der Waals surface area contributed by atoms with Gasteiger partial charge in [0.25, 0.3) is 0 Å². The molecule has 0 amide bonds. The van der Waals surface area contributed by atoms with Gasteiger partial charge in [0.2, 0.25) is 0 Å². The van der Waals surface area contributed by atoms with Crippen molar-refractivity contribution >= 4 is 17.3 Å². The molecule has 1 fully saturated rings. The summed E-state index contributed by atoms with van der Waals surface area (Å²) in [6, 6.07) is 7.82. The lowest BCUT2D eigenvalue weighted by atomic mass is 10.2. The van der Waals surface area contributed by atoms with Crippen molar-refractivity contribution in [1.29, 1.82) is 0 Å². The maximum atomic E-state index is 5.85. The zero-order valence-electron chi connectivity index (χ0n) is 11.0. The van der Waals surface area contributed by atoms with Gasteiger partial charge in [0.1, 0.15) is 0 Å². The minimum atomic E-state index is 0.337. The standard InChI is InChI=1S/C14H21ClN2O/c1-11-9-17(10-12(2)18-11)8-7-16-14-5-3-13(15)4-6-14/h3-6,11-12,16H,7-10H2,1-2H3. The van der Waals surface area contributed by atoms with Crippen LogP contribution in [0.2, 0.25) is 5.02 Å². The summed E-state index contributed by atoms with van der Waals surface area (Å²) < 4.78 is 5.72. The van der Waals surface area contributed by atoms with Gasteiger partial charge in [-0.2, -0.15) is 0 Å². The molecule has 1 aliphatic heterocycles. The first kappa shape index (κ1) is 13.7. The Hall–Kier alpha value is -0.770. The van der Waals surface area contributed by atoms with Crippen LogP contribution >= 0.6 is 11.6 Å². The second kappa shape index (κ2) is 6.41. The van der Waals surface area contributed by atoms with Gasteiger partial charge in [0.15, 0.2) is 0 Å². The average Bonchev–Trinajstić information content (AvgIpc) is 2.30. The second-order valence-corrected chi connectivity index (χ2v) is 5.39. The molecular formula is C14H21ClN2O. The predicted molar refractivity (Wildman–Crippen MR) is 76.4 cm³/mol. The molecular weight excluding hydrogens is 248 g/mol. The highest BCUT2D eigenvalue weighted by Crippen LogP contribution is 2.13. The number of nitrogens with zero attached hydrogens (tertiary/aromatic N) is 1. The van der Waals surface area contributed by atoms with Gasteiger partial charge >= 0.3 is 0 Å². The maximum absolute atomic E-state index is 5.85. The zero-order valence-corrected chi connectivity index (χ0v) is 11.8. The predicted octanol–water partition coefficient (Wildman–Crippen LogP) is 2.86. The molecule has 2 atom stereocenters. The van der Waals surface area contributed by atoms with Crippen molar-refractivity contribution in [2.75, 3.05) is 31.5 Å². The first-order chi connectivity index (χ1) is 8.63. The highest BCUT2D eigenvalue weighted by Gasteiger charge is 2.21. The minimum Gasteiger partial charge on any atom is -0.384 e. The van der Waals surface area contributed by atoms with Crippen LogP contribution < -0.4 is 5.32 Å². The average molecular weight is 269 g/mol. The maximum Gasteiger partial charge on any atom is 0.0678 e. The fourth-order valence-electron chi connectivity index (χ4n) is 2.39. The van der Waals surface area contributed by atoms with Crippen molar-refractivity contribution in [3.63, 3.8) is 0 Å². The van der Waals surface area contributed by atoms with Crippen LogP contribution in [-0.2, 0) is 4.74 Å². The van der Waals surface area contributed by atoms with Crippen LogP contribution in [0.3, 0.4) is 0 Å². The van der Waals surface area contributed by atoms with Crippen LogP contribution in [0.1, 0.15) is 13.8 Å². The third-order valence-corrected chi connectivity index (χ3v) is 3.35. The third-order valence-electron chi connectivity index (χ3n) is 3.10. The van der Waals surface area contributed by atoms with Crippen molar-refractivity contribution in [2.24, 2.45) is 0 Å². The van der Waals surface area contributed by atoms with Crippen LogP contribution in [0.15, 0.2) is 24.3 Å². The Balaban J connectivity index is 1.73. The Morgan fingerprint density at radius 2 is 1.83 bits per heavy atom. The van der Waals surface area contributed by atoms with E-state index in [-0.39, 0.29) is 0 Å². The van der Waals surface area contributed by atoms with Crippen molar-refractivity contribution < 1.29 is 4.74 Å². The summed E-state index contributed by atoms with van der Waals surface area (Å²) in [7, 11) is 0. The topological polar surface area (TPSA) is 24.5 Å². The lowest BCUT2D eigenvalue weighted by Gasteiger charge is -2.35. The fraction of sp³-hybridized carbons (Fsp3) is 0.571. The molecule has 1 aliphatic rings. The summed E-state index contributed by atoms with van der Waals surface area (Å²) in [6.45, 7) is 8.30. The smallest absolute Gasteiger partial charge is 0.0678 e. The second-order valence-electron chi connectivity index (χ2n) is 4.95. The third kappa shape index (κ3) is 4.16. The fourth-order valence-corrected chi connectivity index (χ4v) is 2.52. The molecule has 0 radical (unpaired) electrons. The number of nitrogens with one attached hydrogen (secondary N) is 1. The van der Waals surface area contributed by atoms with Gasteiger partial charge in [0.05, 0.1) is 12.2 Å². The van der Waals surface area contributed by atoms with Crippen molar-refractivity contribution in [3.05, 3.63) is 29.3 Å². The monoisotopic (exact) mass is 268 g/mol. The number of hydrogen-bond acceptors (Lipinski definition) is 3. The van der Waals surface area contributed by atoms with Gasteiger partial charge in [-0.25, -0.2) is 0 Å². The number of rotatable bonds is 4. The molecule has 1 saturated heterocycles. The van der Waals surface area contributed by atoms with Crippen molar-refractivity contribution in [2.45, 2.75) is 26.1 Å². The Morgan fingerprint density at radius 1 is 1.22 bits per heavy atom. The van der Waals surface area contributed by atoms with E-state index < -0.39 is 0 Å². The van der Waals surface area contributed by atoms with E-state index in [9.17, 15) is 0 Å². The normalized spacial score (nSPS) is 25.1. The molecule has 0 saturated carbocycles. The molecule has 18 heavy (non-hydrogen) atoms. The molecule has 1 heterocycles. The van der Waals surface area contributed by atoms with Gasteiger partial charge in [0, 0.05) is 36.9 Å². The molecule has 2 rings (SSSR count). The van der Waals surface area contributed by atoms with E-state index in [1.807, 2.05) is 24.3 Å². The molecule has 4 heteroatoms. The highest BCUT2D eigenvalue weighted by molar-refractivity contribution is 6.30. The van der Waals surface area contributed by atoms with E-state index in [1.165, 1.54) is 0 Å². The molecule has 3 nitrogen and oxygen atoms in total. The van der Waals surface area contributed by atoms with E-state index in [4.69, 9.17) is 16.3 Å². The Bertz CT molecular complexity index is 359.